The van der Waals surface area contributed by atoms with Crippen molar-refractivity contribution in [1.82, 2.24) is 9.55 Å². The molecule has 6 aromatic rings. The summed E-state index contributed by atoms with van der Waals surface area (Å²) in [7, 11) is -2.14. The normalized spacial score (nSPS) is 11.8. The molecule has 0 saturated carbocycles. The van der Waals surface area contributed by atoms with E-state index in [1.807, 2.05) is 42.6 Å². The molecule has 1 aromatic heterocycles. The van der Waals surface area contributed by atoms with Gasteiger partial charge in [0.1, 0.15) is 11.5 Å². The van der Waals surface area contributed by atoms with Gasteiger partial charge in [-0.25, -0.2) is 4.98 Å². The monoisotopic (exact) mass is 654 g/mol. The Labute approximate surface area is 286 Å². The number of phenolic OH excluding ortho intramolecular Hbond substituents is 2. The summed E-state index contributed by atoms with van der Waals surface area (Å²) in [5, 5.41) is 25.5. The first-order valence-electron chi connectivity index (χ1n) is 17.5. The minimum Gasteiger partial charge on any atom is -0.507 e. The van der Waals surface area contributed by atoms with Crippen molar-refractivity contribution in [3.05, 3.63) is 146 Å². The predicted molar refractivity (Wildman–Crippen MR) is 205 cm³/mol. The summed E-state index contributed by atoms with van der Waals surface area (Å²) in [4.78, 5) is 4.85. The van der Waals surface area contributed by atoms with Gasteiger partial charge in [-0.3, -0.25) is 0 Å². The summed E-state index contributed by atoms with van der Waals surface area (Å²) in [5.41, 5.74) is 2.12. The van der Waals surface area contributed by atoms with Gasteiger partial charge in [0.05, 0.1) is 11.3 Å². The topological polar surface area (TPSA) is 58.3 Å². The number of nitrogens with zero attached hydrogens (tertiary/aromatic N) is 2. The zero-order valence-corrected chi connectivity index (χ0v) is 28.7. The van der Waals surface area contributed by atoms with Gasteiger partial charge in [0.2, 0.25) is 0 Å². The average Bonchev–Trinajstić information content (AvgIpc) is 3.55. The fourth-order valence-corrected chi connectivity index (χ4v) is 12.0. The summed E-state index contributed by atoms with van der Waals surface area (Å²) >= 11 is 0. The molecule has 5 heteroatoms. The van der Waals surface area contributed by atoms with Crippen LogP contribution in [-0.2, 0) is 6.54 Å². The molecule has 0 bridgehead atoms. The van der Waals surface area contributed by atoms with Crippen LogP contribution in [-0.4, -0.2) is 25.9 Å². The van der Waals surface area contributed by atoms with Crippen LogP contribution in [0, 0.1) is 0 Å². The Kier molecular flexibility index (Phi) is 11.4. The SMILES string of the molecule is Oc1ccccc1-c1cn(CCCCCCCCCC[PH](c2ccccc2)(c2ccccc2)c2ccccc2)c(-c2ccccc2O)n1. The van der Waals surface area contributed by atoms with Crippen LogP contribution < -0.4 is 15.9 Å². The van der Waals surface area contributed by atoms with Gasteiger partial charge in [0, 0.05) is 5.56 Å². The van der Waals surface area contributed by atoms with Crippen LogP contribution in [0.2, 0.25) is 0 Å². The number of hydrogen-bond donors (Lipinski definition) is 2. The summed E-state index contributed by atoms with van der Waals surface area (Å²) in [6, 6.07) is 48.4. The van der Waals surface area contributed by atoms with Crippen LogP contribution in [0.15, 0.2) is 146 Å². The van der Waals surface area contributed by atoms with Crippen LogP contribution in [0.4, 0.5) is 0 Å². The van der Waals surface area contributed by atoms with E-state index in [4.69, 9.17) is 4.98 Å². The summed E-state index contributed by atoms with van der Waals surface area (Å²) < 4.78 is 2.12. The Bertz CT molecular complexity index is 1760. The Morgan fingerprint density at radius 3 is 1.38 bits per heavy atom. The number of aromatic nitrogens is 2. The summed E-state index contributed by atoms with van der Waals surface area (Å²) in [5.74, 6) is 1.15. The minimum atomic E-state index is -2.14. The molecule has 0 aliphatic carbocycles. The molecule has 0 amide bonds. The maximum atomic E-state index is 10.6. The second kappa shape index (κ2) is 16.4. The van der Waals surface area contributed by atoms with Gasteiger partial charge in [-0.2, -0.15) is 0 Å². The van der Waals surface area contributed by atoms with E-state index in [9.17, 15) is 10.2 Å². The van der Waals surface area contributed by atoms with Crippen LogP contribution in [0.25, 0.3) is 22.6 Å². The Morgan fingerprint density at radius 2 is 0.875 bits per heavy atom. The van der Waals surface area contributed by atoms with Gasteiger partial charge in [-0.15, -0.1) is 0 Å². The second-order valence-electron chi connectivity index (χ2n) is 12.8. The molecule has 0 spiro atoms. The van der Waals surface area contributed by atoms with Gasteiger partial charge in [0.15, 0.2) is 0 Å². The molecule has 1 heterocycles. The van der Waals surface area contributed by atoms with Gasteiger partial charge < -0.3 is 10.2 Å². The zero-order valence-electron chi connectivity index (χ0n) is 27.7. The van der Waals surface area contributed by atoms with E-state index in [1.54, 1.807) is 12.1 Å². The van der Waals surface area contributed by atoms with E-state index in [-0.39, 0.29) is 11.5 Å². The molecule has 0 unspecified atom stereocenters. The summed E-state index contributed by atoms with van der Waals surface area (Å²) in [6.07, 6.45) is 12.9. The van der Waals surface area contributed by atoms with E-state index in [1.165, 1.54) is 60.6 Å². The molecule has 5 aromatic carbocycles. The Hall–Kier alpha value is -4.66. The first kappa shape index (κ1) is 33.2. The third kappa shape index (κ3) is 7.72. The van der Waals surface area contributed by atoms with E-state index in [2.05, 4.69) is 95.6 Å². The van der Waals surface area contributed by atoms with Crippen molar-refractivity contribution in [2.45, 2.75) is 57.9 Å². The third-order valence-corrected chi connectivity index (χ3v) is 14.7. The molecule has 246 valence electrons. The zero-order chi connectivity index (χ0) is 33.0. The number of aryl methyl sites for hydroxylation is 1. The minimum absolute atomic E-state index is 0.208. The number of hydrogen-bond acceptors (Lipinski definition) is 3. The maximum absolute atomic E-state index is 10.6. The molecule has 0 atom stereocenters. The fraction of sp³-hybridized carbons (Fsp3) is 0.233. The fourth-order valence-electron chi connectivity index (χ4n) is 7.12. The number of aromatic hydroxyl groups is 2. The molecule has 0 fully saturated rings. The second-order valence-corrected chi connectivity index (χ2v) is 16.8. The Morgan fingerprint density at radius 1 is 0.458 bits per heavy atom. The van der Waals surface area contributed by atoms with Crippen LogP contribution in [0.1, 0.15) is 51.4 Å². The number of unbranched alkanes of at least 4 members (excludes halogenated alkanes) is 7. The molecule has 0 aliphatic heterocycles. The molecule has 0 saturated heterocycles. The third-order valence-electron chi connectivity index (χ3n) is 9.60. The van der Waals surface area contributed by atoms with Crippen molar-refractivity contribution in [2.75, 3.05) is 6.16 Å². The first-order valence-corrected chi connectivity index (χ1v) is 19.7. The molecule has 2 N–H and O–H groups in total. The molecule has 4 nitrogen and oxygen atoms in total. The van der Waals surface area contributed by atoms with Gasteiger partial charge in [-0.1, -0.05) is 24.3 Å². The first-order chi connectivity index (χ1) is 23.7. The number of imidazole rings is 1. The molecule has 6 rings (SSSR count). The van der Waals surface area contributed by atoms with Crippen LogP contribution in [0.5, 0.6) is 11.5 Å². The number of rotatable bonds is 16. The predicted octanol–water partition coefficient (Wildman–Crippen LogP) is 9.48. The molecule has 0 aliphatic rings. The van der Waals surface area contributed by atoms with Gasteiger partial charge in [0.25, 0.3) is 0 Å². The Balaban J connectivity index is 1.02. The van der Waals surface area contributed by atoms with Crippen molar-refractivity contribution in [3.8, 4) is 34.1 Å². The number of benzene rings is 5. The summed E-state index contributed by atoms with van der Waals surface area (Å²) in [6.45, 7) is 0.815. The van der Waals surface area contributed by atoms with Crippen molar-refractivity contribution < 1.29 is 10.2 Å². The van der Waals surface area contributed by atoms with Crippen molar-refractivity contribution in [3.63, 3.8) is 0 Å². The van der Waals surface area contributed by atoms with Crippen molar-refractivity contribution in [1.29, 1.82) is 0 Å². The molecular weight excluding hydrogens is 607 g/mol. The molecular formula is C43H47N2O2P. The molecule has 48 heavy (non-hydrogen) atoms. The van der Waals surface area contributed by atoms with E-state index < -0.39 is 7.26 Å². The number of phenols is 2. The van der Waals surface area contributed by atoms with Crippen molar-refractivity contribution in [2.24, 2.45) is 0 Å². The van der Waals surface area contributed by atoms with E-state index in [0.717, 1.165) is 25.2 Å². The standard InChI is InChI=1S/C43H47N2O2P/c46-41-30-18-16-28-38(41)40-34-45(43(44-40)39-29-17-19-31-42(39)47)32-20-5-3-1-2-4-6-21-33-48(35-22-10-7-11-23-35,36-24-12-8-13-25-36)37-26-14-9-15-27-37/h7-19,22-31,34,46-48H,1-6,20-21,32-33H2. The van der Waals surface area contributed by atoms with Crippen molar-refractivity contribution >= 4 is 23.2 Å². The number of para-hydroxylation sites is 2. The smallest absolute Gasteiger partial charge is 0.507 e. The van der Waals surface area contributed by atoms with Crippen LogP contribution in [0.3, 0.4) is 0 Å². The van der Waals surface area contributed by atoms with E-state index in [0.29, 0.717) is 16.8 Å². The quantitative estimate of drug-likeness (QED) is 0.0808. The van der Waals surface area contributed by atoms with Gasteiger partial charge in [-0.05, 0) is 24.3 Å². The van der Waals surface area contributed by atoms with Gasteiger partial charge >= 0.3 is 195 Å². The average molecular weight is 655 g/mol. The van der Waals surface area contributed by atoms with E-state index >= 15 is 0 Å². The molecule has 0 radical (unpaired) electrons. The van der Waals surface area contributed by atoms with Crippen LogP contribution >= 0.6 is 7.26 Å².